The lowest BCUT2D eigenvalue weighted by Gasteiger charge is -2.11. The van der Waals surface area contributed by atoms with Gasteiger partial charge in [0.15, 0.2) is 0 Å². The average molecular weight is 212 g/mol. The van der Waals surface area contributed by atoms with Gasteiger partial charge < -0.3 is 5.11 Å². The number of aliphatic hydroxyl groups excluding tert-OH is 1. The molecular weight excluding hydrogens is 196 g/mol. The maximum Gasteiger partial charge on any atom is 0.0687 e. The van der Waals surface area contributed by atoms with Gasteiger partial charge in [-0.1, -0.05) is 55.5 Å². The molecule has 0 fully saturated rings. The molecule has 1 heteroatoms. The van der Waals surface area contributed by atoms with E-state index in [0.29, 0.717) is 0 Å². The van der Waals surface area contributed by atoms with Crippen LogP contribution in [-0.4, -0.2) is 5.11 Å². The van der Waals surface area contributed by atoms with Crippen LogP contribution in [0.5, 0.6) is 0 Å². The Bertz CT molecular complexity index is 429. The Kier molecular flexibility index (Phi) is 3.37. The first-order valence-electron chi connectivity index (χ1n) is 5.64. The summed E-state index contributed by atoms with van der Waals surface area (Å²) in [6.45, 7) is 2.24. The molecule has 0 saturated heterocycles. The van der Waals surface area contributed by atoms with Gasteiger partial charge in [0.25, 0.3) is 0 Å². The average Bonchev–Trinajstić information content (AvgIpc) is 2.38. The van der Waals surface area contributed by atoms with Crippen LogP contribution < -0.4 is 0 Å². The van der Waals surface area contributed by atoms with Crippen LogP contribution in [0, 0.1) is 0 Å². The molecule has 0 aromatic heterocycles. The van der Waals surface area contributed by atoms with E-state index in [1.54, 1.807) is 0 Å². The number of hydrogen-bond donors (Lipinski definition) is 1. The number of hydrogen-bond acceptors (Lipinski definition) is 1. The van der Waals surface area contributed by atoms with Crippen molar-refractivity contribution in [3.05, 3.63) is 59.7 Å². The van der Waals surface area contributed by atoms with Gasteiger partial charge in [-0.3, -0.25) is 0 Å². The van der Waals surface area contributed by atoms with Crippen LogP contribution in [0.1, 0.15) is 18.1 Å². The lowest BCUT2D eigenvalue weighted by molar-refractivity contribution is 0.282. The lowest BCUT2D eigenvalue weighted by Crippen LogP contribution is -1.92. The topological polar surface area (TPSA) is 20.2 Å². The predicted molar refractivity (Wildman–Crippen MR) is 67.2 cm³/mol. The van der Waals surface area contributed by atoms with Gasteiger partial charge in [-0.25, -0.2) is 0 Å². The zero-order valence-electron chi connectivity index (χ0n) is 9.48. The molecule has 0 saturated carbocycles. The first-order valence-corrected chi connectivity index (χ1v) is 5.64. The van der Waals surface area contributed by atoms with Gasteiger partial charge in [-0.15, -0.1) is 0 Å². The fourth-order valence-corrected chi connectivity index (χ4v) is 2.01. The largest absolute Gasteiger partial charge is 0.392 e. The Morgan fingerprint density at radius 3 is 1.88 bits per heavy atom. The molecule has 82 valence electrons. The van der Waals surface area contributed by atoms with Gasteiger partial charge in [-0.2, -0.15) is 0 Å². The van der Waals surface area contributed by atoms with Crippen molar-refractivity contribution in [2.75, 3.05) is 0 Å². The van der Waals surface area contributed by atoms with E-state index in [4.69, 9.17) is 0 Å². The van der Waals surface area contributed by atoms with Crippen LogP contribution >= 0.6 is 0 Å². The fourth-order valence-electron chi connectivity index (χ4n) is 2.01. The van der Waals surface area contributed by atoms with E-state index in [1.807, 2.05) is 24.3 Å². The third-order valence-corrected chi connectivity index (χ3v) is 2.88. The SMILES string of the molecule is CCc1ccccc1-c1ccccc1CO. The van der Waals surface area contributed by atoms with E-state index < -0.39 is 0 Å². The Morgan fingerprint density at radius 2 is 1.31 bits per heavy atom. The predicted octanol–water partition coefficient (Wildman–Crippen LogP) is 3.41. The molecule has 1 nitrogen and oxygen atoms in total. The normalized spacial score (nSPS) is 10.4. The van der Waals surface area contributed by atoms with Crippen molar-refractivity contribution in [3.8, 4) is 11.1 Å². The third-order valence-electron chi connectivity index (χ3n) is 2.88. The highest BCUT2D eigenvalue weighted by Gasteiger charge is 2.06. The number of aliphatic hydroxyl groups is 1. The summed E-state index contributed by atoms with van der Waals surface area (Å²) in [5.74, 6) is 0. The molecule has 0 radical (unpaired) electrons. The van der Waals surface area contributed by atoms with Crippen molar-refractivity contribution in [2.24, 2.45) is 0 Å². The van der Waals surface area contributed by atoms with Gasteiger partial charge in [0, 0.05) is 0 Å². The van der Waals surface area contributed by atoms with Gasteiger partial charge in [-0.05, 0) is 28.7 Å². The Labute approximate surface area is 96.4 Å². The molecular formula is C15H16O. The summed E-state index contributed by atoms with van der Waals surface area (Å²) in [7, 11) is 0. The molecule has 0 aliphatic rings. The van der Waals surface area contributed by atoms with E-state index in [0.717, 1.165) is 17.5 Å². The summed E-state index contributed by atoms with van der Waals surface area (Å²) in [6, 6.07) is 16.4. The Morgan fingerprint density at radius 1 is 0.812 bits per heavy atom. The van der Waals surface area contributed by atoms with E-state index in [2.05, 4.69) is 31.2 Å². The maximum atomic E-state index is 9.34. The summed E-state index contributed by atoms with van der Waals surface area (Å²) in [5.41, 5.74) is 4.68. The standard InChI is InChI=1S/C15H16O/c1-2-12-7-3-5-9-14(12)15-10-6-4-8-13(15)11-16/h3-10,16H,2,11H2,1H3. The number of aryl methyl sites for hydroxylation is 1. The Hall–Kier alpha value is -1.60. The van der Waals surface area contributed by atoms with E-state index in [9.17, 15) is 5.11 Å². The fraction of sp³-hybridized carbons (Fsp3) is 0.200. The van der Waals surface area contributed by atoms with Gasteiger partial charge in [0.05, 0.1) is 6.61 Å². The van der Waals surface area contributed by atoms with Crippen LogP contribution in [-0.2, 0) is 13.0 Å². The van der Waals surface area contributed by atoms with E-state index >= 15 is 0 Å². The molecule has 16 heavy (non-hydrogen) atoms. The van der Waals surface area contributed by atoms with Crippen molar-refractivity contribution < 1.29 is 5.11 Å². The van der Waals surface area contributed by atoms with Crippen molar-refractivity contribution >= 4 is 0 Å². The summed E-state index contributed by atoms with van der Waals surface area (Å²) >= 11 is 0. The van der Waals surface area contributed by atoms with Crippen molar-refractivity contribution in [1.29, 1.82) is 0 Å². The van der Waals surface area contributed by atoms with Crippen molar-refractivity contribution in [1.82, 2.24) is 0 Å². The molecule has 2 aromatic carbocycles. The van der Waals surface area contributed by atoms with Crippen molar-refractivity contribution in [2.45, 2.75) is 20.0 Å². The molecule has 2 aromatic rings. The zero-order valence-corrected chi connectivity index (χ0v) is 9.48. The second kappa shape index (κ2) is 4.95. The van der Waals surface area contributed by atoms with Gasteiger partial charge in [0.1, 0.15) is 0 Å². The quantitative estimate of drug-likeness (QED) is 0.826. The maximum absolute atomic E-state index is 9.34. The summed E-state index contributed by atoms with van der Waals surface area (Å²) < 4.78 is 0. The molecule has 0 unspecified atom stereocenters. The van der Waals surface area contributed by atoms with Crippen LogP contribution in [0.3, 0.4) is 0 Å². The Balaban J connectivity index is 2.58. The zero-order chi connectivity index (χ0) is 11.4. The molecule has 0 amide bonds. The molecule has 0 aliphatic carbocycles. The minimum Gasteiger partial charge on any atom is -0.392 e. The van der Waals surface area contributed by atoms with Gasteiger partial charge >= 0.3 is 0 Å². The number of rotatable bonds is 3. The highest BCUT2D eigenvalue weighted by molar-refractivity contribution is 5.70. The van der Waals surface area contributed by atoms with Crippen LogP contribution in [0.25, 0.3) is 11.1 Å². The molecule has 2 rings (SSSR count). The lowest BCUT2D eigenvalue weighted by atomic mass is 9.95. The molecule has 1 N–H and O–H groups in total. The molecule has 0 aliphatic heterocycles. The first-order chi connectivity index (χ1) is 7.86. The smallest absolute Gasteiger partial charge is 0.0687 e. The summed E-state index contributed by atoms with van der Waals surface area (Å²) in [4.78, 5) is 0. The monoisotopic (exact) mass is 212 g/mol. The number of benzene rings is 2. The van der Waals surface area contributed by atoms with Crippen LogP contribution in [0.15, 0.2) is 48.5 Å². The second-order valence-electron chi connectivity index (χ2n) is 3.83. The van der Waals surface area contributed by atoms with Crippen LogP contribution in [0.2, 0.25) is 0 Å². The molecule has 0 spiro atoms. The molecule has 0 bridgehead atoms. The minimum absolute atomic E-state index is 0.0915. The van der Waals surface area contributed by atoms with Gasteiger partial charge in [0.2, 0.25) is 0 Å². The summed E-state index contributed by atoms with van der Waals surface area (Å²) in [5, 5.41) is 9.34. The van der Waals surface area contributed by atoms with Crippen molar-refractivity contribution in [3.63, 3.8) is 0 Å². The summed E-state index contributed by atoms with van der Waals surface area (Å²) in [6.07, 6.45) is 1.01. The van der Waals surface area contributed by atoms with E-state index in [1.165, 1.54) is 11.1 Å². The highest BCUT2D eigenvalue weighted by atomic mass is 16.3. The van der Waals surface area contributed by atoms with Crippen LogP contribution in [0.4, 0.5) is 0 Å². The minimum atomic E-state index is 0.0915. The molecule has 0 heterocycles. The third kappa shape index (κ3) is 2.00. The highest BCUT2D eigenvalue weighted by Crippen LogP contribution is 2.27. The molecule has 0 atom stereocenters. The first kappa shape index (κ1) is 10.9. The van der Waals surface area contributed by atoms with E-state index in [-0.39, 0.29) is 6.61 Å². The second-order valence-corrected chi connectivity index (χ2v) is 3.83.